The van der Waals surface area contributed by atoms with Gasteiger partial charge in [0.1, 0.15) is 6.04 Å². The topological polar surface area (TPSA) is 75.6 Å². The smallest absolute Gasteiger partial charge is 0.326 e. The van der Waals surface area contributed by atoms with Gasteiger partial charge in [-0.25, -0.2) is 4.79 Å². The number of benzene rings is 1. The first-order chi connectivity index (χ1) is 10.9. The Morgan fingerprint density at radius 3 is 2.39 bits per heavy atom. The maximum atomic E-state index is 13.0. The number of hydrogen-bond donors (Lipinski definition) is 2. The highest BCUT2D eigenvalue weighted by atomic mass is 35.5. The van der Waals surface area contributed by atoms with Crippen LogP contribution in [0.15, 0.2) is 24.3 Å². The molecule has 0 saturated carbocycles. The van der Waals surface area contributed by atoms with E-state index in [2.05, 4.69) is 5.32 Å². The molecule has 0 aromatic heterocycles. The molecule has 0 bridgehead atoms. The molecule has 0 aliphatic carbocycles. The van der Waals surface area contributed by atoms with Crippen LogP contribution in [0.25, 0.3) is 0 Å². The Labute approximate surface area is 141 Å². The standard InChI is InChI=1S/C17H22ClNO4/c1-11(2)14(15(20)21)19-16(22)17(7-9-23-10-8-17)12-5-3-4-6-13(12)18/h3-6,11,14H,7-10H2,1-2H3,(H,19,22)(H,20,21)/t14-/m0/s1. The van der Waals surface area contributed by atoms with Gasteiger partial charge in [-0.15, -0.1) is 0 Å². The maximum absolute atomic E-state index is 13.0. The van der Waals surface area contributed by atoms with Crippen LogP contribution < -0.4 is 5.32 Å². The predicted octanol–water partition coefficient (Wildman–Crippen LogP) is 2.61. The number of amides is 1. The molecular weight excluding hydrogens is 318 g/mol. The van der Waals surface area contributed by atoms with E-state index in [1.807, 2.05) is 18.2 Å². The molecule has 0 spiro atoms. The lowest BCUT2D eigenvalue weighted by Crippen LogP contribution is -2.54. The van der Waals surface area contributed by atoms with Crippen LogP contribution in [0.5, 0.6) is 0 Å². The first-order valence-corrected chi connectivity index (χ1v) is 8.13. The van der Waals surface area contributed by atoms with Gasteiger partial charge < -0.3 is 15.2 Å². The van der Waals surface area contributed by atoms with Crippen molar-refractivity contribution in [1.29, 1.82) is 0 Å². The molecule has 2 rings (SSSR count). The number of aliphatic carboxylic acids is 1. The molecule has 1 aliphatic heterocycles. The van der Waals surface area contributed by atoms with Gasteiger partial charge in [-0.05, 0) is 30.4 Å². The Morgan fingerprint density at radius 2 is 1.87 bits per heavy atom. The van der Waals surface area contributed by atoms with Gasteiger partial charge >= 0.3 is 5.97 Å². The van der Waals surface area contributed by atoms with Crippen LogP contribution in [0.3, 0.4) is 0 Å². The van der Waals surface area contributed by atoms with Gasteiger partial charge in [0.2, 0.25) is 5.91 Å². The number of carbonyl (C=O) groups is 2. The second-order valence-electron chi connectivity index (χ2n) is 6.21. The van der Waals surface area contributed by atoms with Crippen molar-refractivity contribution in [2.75, 3.05) is 13.2 Å². The summed E-state index contributed by atoms with van der Waals surface area (Å²) >= 11 is 6.32. The molecule has 0 unspecified atom stereocenters. The maximum Gasteiger partial charge on any atom is 0.326 e. The number of carbonyl (C=O) groups excluding carboxylic acids is 1. The van der Waals surface area contributed by atoms with E-state index in [0.717, 1.165) is 5.56 Å². The molecule has 23 heavy (non-hydrogen) atoms. The molecule has 1 fully saturated rings. The highest BCUT2D eigenvalue weighted by Crippen LogP contribution is 2.39. The fraction of sp³-hybridized carbons (Fsp3) is 0.529. The van der Waals surface area contributed by atoms with Gasteiger partial charge in [0.25, 0.3) is 0 Å². The lowest BCUT2D eigenvalue weighted by molar-refractivity contribution is -0.145. The zero-order valence-corrected chi connectivity index (χ0v) is 14.1. The molecule has 1 aromatic rings. The van der Waals surface area contributed by atoms with Gasteiger partial charge in [0, 0.05) is 18.2 Å². The van der Waals surface area contributed by atoms with Crippen LogP contribution in [-0.4, -0.2) is 36.2 Å². The van der Waals surface area contributed by atoms with Crippen molar-refractivity contribution in [2.24, 2.45) is 5.92 Å². The minimum absolute atomic E-state index is 0.209. The van der Waals surface area contributed by atoms with Crippen molar-refractivity contribution in [3.05, 3.63) is 34.9 Å². The molecule has 6 heteroatoms. The number of rotatable bonds is 5. The van der Waals surface area contributed by atoms with Gasteiger partial charge in [-0.1, -0.05) is 43.6 Å². The first kappa shape index (κ1) is 17.8. The molecular formula is C17H22ClNO4. The van der Waals surface area contributed by atoms with Crippen molar-refractivity contribution in [1.82, 2.24) is 5.32 Å². The van der Waals surface area contributed by atoms with E-state index in [4.69, 9.17) is 16.3 Å². The van der Waals surface area contributed by atoms with E-state index >= 15 is 0 Å². The van der Waals surface area contributed by atoms with Crippen molar-refractivity contribution in [2.45, 2.75) is 38.1 Å². The van der Waals surface area contributed by atoms with Crippen molar-refractivity contribution in [3.8, 4) is 0 Å². The largest absolute Gasteiger partial charge is 0.480 e. The summed E-state index contributed by atoms with van der Waals surface area (Å²) in [5.41, 5.74) is -0.116. The summed E-state index contributed by atoms with van der Waals surface area (Å²) < 4.78 is 5.40. The molecule has 0 radical (unpaired) electrons. The highest BCUT2D eigenvalue weighted by Gasteiger charge is 2.44. The highest BCUT2D eigenvalue weighted by molar-refractivity contribution is 6.31. The monoisotopic (exact) mass is 339 g/mol. The Hall–Kier alpha value is -1.59. The summed E-state index contributed by atoms with van der Waals surface area (Å²) in [5, 5.41) is 12.5. The van der Waals surface area contributed by atoms with E-state index < -0.39 is 17.4 Å². The van der Waals surface area contributed by atoms with E-state index in [9.17, 15) is 14.7 Å². The average molecular weight is 340 g/mol. The normalized spacial score (nSPS) is 18.4. The molecule has 126 valence electrons. The number of halogens is 1. The number of ether oxygens (including phenoxy) is 1. The SMILES string of the molecule is CC(C)[C@H](NC(=O)C1(c2ccccc2Cl)CCOCC1)C(=O)O. The molecule has 1 aromatic carbocycles. The summed E-state index contributed by atoms with van der Waals surface area (Å²) in [5.74, 6) is -1.54. The van der Waals surface area contributed by atoms with Gasteiger partial charge in [0.15, 0.2) is 0 Å². The summed E-state index contributed by atoms with van der Waals surface area (Å²) in [4.78, 5) is 24.4. The summed E-state index contributed by atoms with van der Waals surface area (Å²) in [6.45, 7) is 4.42. The Kier molecular flexibility index (Phi) is 5.65. The molecule has 5 nitrogen and oxygen atoms in total. The minimum atomic E-state index is -1.03. The first-order valence-electron chi connectivity index (χ1n) is 7.75. The summed E-state index contributed by atoms with van der Waals surface area (Å²) in [6.07, 6.45) is 0.958. The van der Waals surface area contributed by atoms with Gasteiger partial charge in [-0.3, -0.25) is 4.79 Å². The molecule has 1 amide bonds. The summed E-state index contributed by atoms with van der Waals surface area (Å²) in [6, 6.07) is 6.30. The van der Waals surface area contributed by atoms with Crippen molar-refractivity contribution in [3.63, 3.8) is 0 Å². The molecule has 2 N–H and O–H groups in total. The summed E-state index contributed by atoms with van der Waals surface area (Å²) in [7, 11) is 0. The Balaban J connectivity index is 2.37. The lowest BCUT2D eigenvalue weighted by atomic mass is 9.73. The zero-order chi connectivity index (χ0) is 17.0. The quantitative estimate of drug-likeness (QED) is 0.864. The van der Waals surface area contributed by atoms with Gasteiger partial charge in [0.05, 0.1) is 5.41 Å². The van der Waals surface area contributed by atoms with Crippen LogP contribution in [0.2, 0.25) is 5.02 Å². The second-order valence-corrected chi connectivity index (χ2v) is 6.61. The third kappa shape index (κ3) is 3.67. The number of carboxylic acids is 1. The second kappa shape index (κ2) is 7.32. The number of carboxylic acid groups (broad SMARTS) is 1. The predicted molar refractivity (Wildman–Crippen MR) is 87.6 cm³/mol. The number of nitrogens with one attached hydrogen (secondary N) is 1. The van der Waals surface area contributed by atoms with E-state index in [-0.39, 0.29) is 11.8 Å². The zero-order valence-electron chi connectivity index (χ0n) is 13.3. The van der Waals surface area contributed by atoms with E-state index in [1.54, 1.807) is 19.9 Å². The Morgan fingerprint density at radius 1 is 1.26 bits per heavy atom. The molecule has 1 heterocycles. The molecule has 1 saturated heterocycles. The van der Waals surface area contributed by atoms with Crippen molar-refractivity contribution >= 4 is 23.5 Å². The van der Waals surface area contributed by atoms with Crippen molar-refractivity contribution < 1.29 is 19.4 Å². The van der Waals surface area contributed by atoms with Crippen LogP contribution in [0.1, 0.15) is 32.3 Å². The average Bonchev–Trinajstić information content (AvgIpc) is 2.52. The lowest BCUT2D eigenvalue weighted by Gasteiger charge is -2.38. The molecule has 1 atom stereocenters. The van der Waals surface area contributed by atoms with Crippen LogP contribution in [-0.2, 0) is 19.7 Å². The van der Waals surface area contributed by atoms with E-state index in [0.29, 0.717) is 31.1 Å². The third-order valence-corrected chi connectivity index (χ3v) is 4.72. The Bertz CT molecular complexity index is 582. The van der Waals surface area contributed by atoms with E-state index in [1.165, 1.54) is 0 Å². The fourth-order valence-corrected chi connectivity index (χ4v) is 3.30. The fourth-order valence-electron chi connectivity index (χ4n) is 2.98. The third-order valence-electron chi connectivity index (χ3n) is 4.39. The number of hydrogen-bond acceptors (Lipinski definition) is 3. The minimum Gasteiger partial charge on any atom is -0.480 e. The molecule has 1 aliphatic rings. The van der Waals surface area contributed by atoms with Crippen LogP contribution in [0.4, 0.5) is 0 Å². The van der Waals surface area contributed by atoms with Crippen LogP contribution >= 0.6 is 11.6 Å². The van der Waals surface area contributed by atoms with Crippen LogP contribution in [0, 0.1) is 5.92 Å². The van der Waals surface area contributed by atoms with Gasteiger partial charge in [-0.2, -0.15) is 0 Å².